The van der Waals surface area contributed by atoms with E-state index in [9.17, 15) is 4.79 Å². The number of nitrogens with two attached hydrogens (primary N) is 1. The number of ether oxygens (including phenoxy) is 4. The molecule has 0 spiro atoms. The van der Waals surface area contributed by atoms with Crippen LogP contribution in [0.4, 0.5) is 0 Å². The Balaban J connectivity index is 3.56. The molecule has 0 aromatic rings. The van der Waals surface area contributed by atoms with Gasteiger partial charge in [0.25, 0.3) is 5.91 Å². The maximum atomic E-state index is 11.2. The first-order valence-electron chi connectivity index (χ1n) is 4.94. The Labute approximate surface area is 95.1 Å². The lowest BCUT2D eigenvalue weighted by Gasteiger charge is -2.15. The van der Waals surface area contributed by atoms with Crippen molar-refractivity contribution in [3.05, 3.63) is 0 Å². The second kappa shape index (κ2) is 10.8. The van der Waals surface area contributed by atoms with Crippen molar-refractivity contribution in [2.75, 3.05) is 47.3 Å². The molecule has 0 aliphatic carbocycles. The first-order chi connectivity index (χ1) is 7.76. The van der Waals surface area contributed by atoms with E-state index in [2.05, 4.69) is 0 Å². The van der Waals surface area contributed by atoms with Crippen molar-refractivity contribution < 1.29 is 23.7 Å². The minimum absolute atomic E-state index is 0.154. The van der Waals surface area contributed by atoms with Gasteiger partial charge >= 0.3 is 0 Å². The SMILES string of the molecule is COCCOCCOC(COC)C(=O)NN. The zero-order chi connectivity index (χ0) is 12.2. The highest BCUT2D eigenvalue weighted by atomic mass is 16.6. The zero-order valence-corrected chi connectivity index (χ0v) is 9.73. The summed E-state index contributed by atoms with van der Waals surface area (Å²) in [6.45, 7) is 1.87. The summed E-state index contributed by atoms with van der Waals surface area (Å²) in [5.41, 5.74) is 2.01. The van der Waals surface area contributed by atoms with Crippen molar-refractivity contribution >= 4 is 5.91 Å². The molecule has 0 aromatic heterocycles. The number of carbonyl (C=O) groups excluding carboxylic acids is 1. The van der Waals surface area contributed by atoms with Gasteiger partial charge in [0, 0.05) is 14.2 Å². The average molecular weight is 236 g/mol. The fraction of sp³-hybridized carbons (Fsp3) is 0.889. The molecule has 0 aliphatic heterocycles. The van der Waals surface area contributed by atoms with Crippen LogP contribution in [0, 0.1) is 0 Å². The van der Waals surface area contributed by atoms with E-state index < -0.39 is 12.0 Å². The first-order valence-corrected chi connectivity index (χ1v) is 4.94. The Hall–Kier alpha value is -0.730. The predicted octanol–water partition coefficient (Wildman–Crippen LogP) is -1.33. The molecule has 0 heterocycles. The van der Waals surface area contributed by atoms with Crippen LogP contribution in [0.5, 0.6) is 0 Å². The summed E-state index contributed by atoms with van der Waals surface area (Å²) in [4.78, 5) is 11.2. The second-order valence-electron chi connectivity index (χ2n) is 2.93. The van der Waals surface area contributed by atoms with Crippen LogP contribution in [0.15, 0.2) is 0 Å². The lowest BCUT2D eigenvalue weighted by atomic mass is 10.3. The van der Waals surface area contributed by atoms with Gasteiger partial charge < -0.3 is 18.9 Å². The molecular formula is C9H20N2O5. The van der Waals surface area contributed by atoms with E-state index in [1.165, 1.54) is 7.11 Å². The summed E-state index contributed by atoms with van der Waals surface area (Å²) in [7, 11) is 3.08. The highest BCUT2D eigenvalue weighted by Gasteiger charge is 2.17. The van der Waals surface area contributed by atoms with Gasteiger partial charge in [-0.3, -0.25) is 10.2 Å². The molecule has 0 aromatic carbocycles. The predicted molar refractivity (Wildman–Crippen MR) is 56.6 cm³/mol. The third-order valence-corrected chi connectivity index (χ3v) is 1.73. The monoisotopic (exact) mass is 236 g/mol. The van der Waals surface area contributed by atoms with Gasteiger partial charge in [0.2, 0.25) is 0 Å². The molecule has 0 bridgehead atoms. The fourth-order valence-corrected chi connectivity index (χ4v) is 0.937. The quantitative estimate of drug-likeness (QED) is 0.211. The van der Waals surface area contributed by atoms with Crippen molar-refractivity contribution in [2.45, 2.75) is 6.10 Å². The molecule has 0 aliphatic rings. The van der Waals surface area contributed by atoms with Gasteiger partial charge in [0.1, 0.15) is 0 Å². The van der Waals surface area contributed by atoms with E-state index in [-0.39, 0.29) is 6.61 Å². The summed E-state index contributed by atoms with van der Waals surface area (Å²) >= 11 is 0. The summed E-state index contributed by atoms with van der Waals surface area (Å²) in [6, 6.07) is 0. The van der Waals surface area contributed by atoms with E-state index in [4.69, 9.17) is 24.8 Å². The number of rotatable bonds is 10. The van der Waals surface area contributed by atoms with Gasteiger partial charge in [0.15, 0.2) is 6.10 Å². The van der Waals surface area contributed by atoms with Gasteiger partial charge in [-0.15, -0.1) is 0 Å². The van der Waals surface area contributed by atoms with Crippen molar-refractivity contribution in [3.8, 4) is 0 Å². The standard InChI is InChI=1S/C9H20N2O5/c1-13-3-4-15-5-6-16-8(7-14-2)9(12)11-10/h8H,3-7,10H2,1-2H3,(H,11,12). The van der Waals surface area contributed by atoms with Crippen molar-refractivity contribution in [1.82, 2.24) is 5.43 Å². The largest absolute Gasteiger partial charge is 0.382 e. The number of hydrazine groups is 1. The lowest BCUT2D eigenvalue weighted by Crippen LogP contribution is -2.43. The van der Waals surface area contributed by atoms with E-state index in [0.717, 1.165) is 0 Å². The van der Waals surface area contributed by atoms with Gasteiger partial charge in [-0.1, -0.05) is 0 Å². The molecule has 0 saturated carbocycles. The second-order valence-corrected chi connectivity index (χ2v) is 2.93. The Morgan fingerprint density at radius 3 is 2.44 bits per heavy atom. The molecule has 7 nitrogen and oxygen atoms in total. The fourth-order valence-electron chi connectivity index (χ4n) is 0.937. The number of methoxy groups -OCH3 is 2. The minimum Gasteiger partial charge on any atom is -0.382 e. The number of hydrogen-bond donors (Lipinski definition) is 2. The number of hydrogen-bond acceptors (Lipinski definition) is 6. The molecule has 0 fully saturated rings. The minimum atomic E-state index is -0.707. The Morgan fingerprint density at radius 1 is 1.19 bits per heavy atom. The Bertz CT molecular complexity index is 179. The molecule has 96 valence electrons. The molecular weight excluding hydrogens is 216 g/mol. The van der Waals surface area contributed by atoms with Crippen LogP contribution in [-0.4, -0.2) is 59.3 Å². The van der Waals surface area contributed by atoms with Gasteiger partial charge in [-0.25, -0.2) is 5.84 Å². The van der Waals surface area contributed by atoms with E-state index in [1.807, 2.05) is 5.43 Å². The van der Waals surface area contributed by atoms with Crippen LogP contribution in [-0.2, 0) is 23.7 Å². The lowest BCUT2D eigenvalue weighted by molar-refractivity contribution is -0.137. The third kappa shape index (κ3) is 7.55. The molecule has 0 radical (unpaired) electrons. The summed E-state index contributed by atoms with van der Waals surface area (Å²) < 4.78 is 20.0. The number of nitrogens with one attached hydrogen (secondary N) is 1. The molecule has 1 atom stereocenters. The first kappa shape index (κ1) is 15.3. The zero-order valence-electron chi connectivity index (χ0n) is 9.73. The summed E-state index contributed by atoms with van der Waals surface area (Å²) in [6.07, 6.45) is -0.707. The topological polar surface area (TPSA) is 92.0 Å². The van der Waals surface area contributed by atoms with Crippen LogP contribution in [0.25, 0.3) is 0 Å². The Kier molecular flexibility index (Phi) is 10.3. The van der Waals surface area contributed by atoms with Gasteiger partial charge in [-0.05, 0) is 0 Å². The van der Waals surface area contributed by atoms with Crippen LogP contribution >= 0.6 is 0 Å². The van der Waals surface area contributed by atoms with Crippen molar-refractivity contribution in [2.24, 2.45) is 5.84 Å². The summed E-state index contributed by atoms with van der Waals surface area (Å²) in [5.74, 6) is 4.57. The number of amides is 1. The molecule has 16 heavy (non-hydrogen) atoms. The van der Waals surface area contributed by atoms with E-state index >= 15 is 0 Å². The summed E-state index contributed by atoms with van der Waals surface area (Å²) in [5, 5.41) is 0. The highest BCUT2D eigenvalue weighted by Crippen LogP contribution is 1.93. The van der Waals surface area contributed by atoms with Crippen LogP contribution in [0.2, 0.25) is 0 Å². The molecule has 3 N–H and O–H groups in total. The van der Waals surface area contributed by atoms with E-state index in [0.29, 0.717) is 26.4 Å². The van der Waals surface area contributed by atoms with Crippen LogP contribution in [0.1, 0.15) is 0 Å². The average Bonchev–Trinajstić information content (AvgIpc) is 2.31. The third-order valence-electron chi connectivity index (χ3n) is 1.73. The molecule has 0 rings (SSSR count). The Morgan fingerprint density at radius 2 is 1.88 bits per heavy atom. The van der Waals surface area contributed by atoms with Crippen molar-refractivity contribution in [1.29, 1.82) is 0 Å². The van der Waals surface area contributed by atoms with Crippen molar-refractivity contribution in [3.63, 3.8) is 0 Å². The highest BCUT2D eigenvalue weighted by molar-refractivity contribution is 5.80. The maximum absolute atomic E-state index is 11.2. The van der Waals surface area contributed by atoms with Gasteiger partial charge in [-0.2, -0.15) is 0 Å². The van der Waals surface area contributed by atoms with E-state index in [1.54, 1.807) is 7.11 Å². The molecule has 0 saturated heterocycles. The van der Waals surface area contributed by atoms with Crippen LogP contribution in [0.3, 0.4) is 0 Å². The molecule has 7 heteroatoms. The molecule has 1 unspecified atom stereocenters. The smallest absolute Gasteiger partial charge is 0.265 e. The normalized spacial score (nSPS) is 12.4. The number of carbonyl (C=O) groups is 1. The molecule has 1 amide bonds. The van der Waals surface area contributed by atoms with Crippen LogP contribution < -0.4 is 11.3 Å². The van der Waals surface area contributed by atoms with Gasteiger partial charge in [0.05, 0.1) is 33.0 Å². The maximum Gasteiger partial charge on any atom is 0.265 e.